The van der Waals surface area contributed by atoms with E-state index in [0.717, 1.165) is 30.7 Å². The average Bonchev–Trinajstić information content (AvgIpc) is 3.24. The topological polar surface area (TPSA) is 91.2 Å². The summed E-state index contributed by atoms with van der Waals surface area (Å²) in [5, 5.41) is 5.90. The van der Waals surface area contributed by atoms with Crippen molar-refractivity contribution in [2.75, 3.05) is 48.3 Å². The second kappa shape index (κ2) is 12.0. The van der Waals surface area contributed by atoms with Crippen LogP contribution in [0.5, 0.6) is 0 Å². The first-order chi connectivity index (χ1) is 19.6. The van der Waals surface area contributed by atoms with Gasteiger partial charge in [-0.25, -0.2) is 19.3 Å². The fourth-order valence-electron chi connectivity index (χ4n) is 5.41. The lowest BCUT2D eigenvalue weighted by Crippen LogP contribution is -2.48. The standard InChI is InChI=1S/C28H34F4N8O/c1-18-11-24-23(13-22(18)36-25(41)7-6-10-39-8-4-3-5-9-39)37-27(38(24)2)40-16-20(29)12-21(17-40)35-26-33-14-19(15-34-26)28(30,31)32/h6-7,11,13-15,20-21H,3-5,8-10,12,16-17H2,1-2H3,(H,36,41)(H,33,34,35)/b7-6+/t20-,21-/m1/s1. The molecule has 3 aromatic rings. The van der Waals surface area contributed by atoms with Gasteiger partial charge in [-0.3, -0.25) is 9.69 Å². The van der Waals surface area contributed by atoms with Crippen molar-refractivity contribution in [3.8, 4) is 0 Å². The van der Waals surface area contributed by atoms with E-state index in [1.807, 2.05) is 36.7 Å². The maximum absolute atomic E-state index is 14.8. The Morgan fingerprint density at radius 1 is 1.12 bits per heavy atom. The Hall–Kier alpha value is -3.74. The van der Waals surface area contributed by atoms with Crippen LogP contribution in [-0.4, -0.2) is 75.3 Å². The Balaban J connectivity index is 1.27. The molecule has 0 spiro atoms. The van der Waals surface area contributed by atoms with Crippen LogP contribution in [0.1, 0.15) is 36.8 Å². The summed E-state index contributed by atoms with van der Waals surface area (Å²) < 4.78 is 55.2. The number of halogens is 4. The molecule has 2 N–H and O–H groups in total. The van der Waals surface area contributed by atoms with Gasteiger partial charge in [0.2, 0.25) is 17.8 Å². The number of carbonyl (C=O) groups excluding carboxylic acids is 1. The van der Waals surface area contributed by atoms with Crippen LogP contribution in [-0.2, 0) is 18.0 Å². The predicted octanol–water partition coefficient (Wildman–Crippen LogP) is 4.70. The van der Waals surface area contributed by atoms with E-state index in [9.17, 15) is 22.4 Å². The summed E-state index contributed by atoms with van der Waals surface area (Å²) in [4.78, 5) is 29.0. The van der Waals surface area contributed by atoms with Gasteiger partial charge in [0, 0.05) is 56.8 Å². The number of carbonyl (C=O) groups is 1. The molecule has 4 heterocycles. The fraction of sp³-hybridized carbons (Fsp3) is 0.500. The number of piperidine rings is 2. The molecule has 2 aliphatic rings. The lowest BCUT2D eigenvalue weighted by atomic mass is 10.0. The second-order valence-electron chi connectivity index (χ2n) is 10.8. The van der Waals surface area contributed by atoms with Crippen molar-refractivity contribution in [3.05, 3.63) is 47.8 Å². The zero-order chi connectivity index (χ0) is 29.1. The number of fused-ring (bicyclic) bond motifs is 1. The lowest BCUT2D eigenvalue weighted by Gasteiger charge is -2.35. The van der Waals surface area contributed by atoms with Crippen molar-refractivity contribution >= 4 is 34.5 Å². The molecule has 5 rings (SSSR count). The molecule has 2 aliphatic heterocycles. The van der Waals surface area contributed by atoms with Crippen molar-refractivity contribution < 1.29 is 22.4 Å². The summed E-state index contributed by atoms with van der Waals surface area (Å²) in [6.07, 6.45) is 2.94. The van der Waals surface area contributed by atoms with E-state index >= 15 is 0 Å². The van der Waals surface area contributed by atoms with Crippen molar-refractivity contribution in [3.63, 3.8) is 0 Å². The summed E-state index contributed by atoms with van der Waals surface area (Å²) >= 11 is 0. The minimum absolute atomic E-state index is 0.00281. The Labute approximate surface area is 235 Å². The van der Waals surface area contributed by atoms with Crippen LogP contribution in [0.25, 0.3) is 11.0 Å². The number of alkyl halides is 4. The van der Waals surface area contributed by atoms with Gasteiger partial charge >= 0.3 is 6.18 Å². The summed E-state index contributed by atoms with van der Waals surface area (Å²) in [6.45, 7) is 5.25. The minimum Gasteiger partial charge on any atom is -0.350 e. The summed E-state index contributed by atoms with van der Waals surface area (Å²) in [7, 11) is 1.84. The number of aryl methyl sites for hydroxylation is 2. The third-order valence-electron chi connectivity index (χ3n) is 7.54. The molecule has 1 amide bonds. The first-order valence-electron chi connectivity index (χ1n) is 13.8. The molecule has 2 aromatic heterocycles. The van der Waals surface area contributed by atoms with Crippen LogP contribution in [0, 0.1) is 6.92 Å². The monoisotopic (exact) mass is 574 g/mol. The number of anilines is 3. The molecule has 2 fully saturated rings. The normalized spacial score (nSPS) is 20.6. The van der Waals surface area contributed by atoms with Crippen LogP contribution in [0.3, 0.4) is 0 Å². The van der Waals surface area contributed by atoms with E-state index in [2.05, 4.69) is 25.5 Å². The Morgan fingerprint density at radius 2 is 1.85 bits per heavy atom. The van der Waals surface area contributed by atoms with Gasteiger partial charge in [-0.05, 0) is 50.6 Å². The molecular weight excluding hydrogens is 540 g/mol. The van der Waals surface area contributed by atoms with Crippen molar-refractivity contribution in [1.29, 1.82) is 0 Å². The zero-order valence-corrected chi connectivity index (χ0v) is 23.1. The lowest BCUT2D eigenvalue weighted by molar-refractivity contribution is -0.138. The van der Waals surface area contributed by atoms with Crippen LogP contribution < -0.4 is 15.5 Å². The number of amides is 1. The zero-order valence-electron chi connectivity index (χ0n) is 23.1. The number of nitrogens with one attached hydrogen (secondary N) is 2. The molecule has 41 heavy (non-hydrogen) atoms. The molecule has 9 nitrogen and oxygen atoms in total. The highest BCUT2D eigenvalue weighted by molar-refractivity contribution is 6.01. The van der Waals surface area contributed by atoms with Gasteiger partial charge in [0.15, 0.2) is 0 Å². The third-order valence-corrected chi connectivity index (χ3v) is 7.54. The van der Waals surface area contributed by atoms with E-state index in [0.29, 0.717) is 36.1 Å². The Morgan fingerprint density at radius 3 is 2.56 bits per heavy atom. The number of imidazole rings is 1. The fourth-order valence-corrected chi connectivity index (χ4v) is 5.41. The number of hydrogen-bond donors (Lipinski definition) is 2. The minimum atomic E-state index is -4.53. The van der Waals surface area contributed by atoms with Crippen LogP contribution >= 0.6 is 0 Å². The third kappa shape index (κ3) is 6.95. The number of aromatic nitrogens is 4. The van der Waals surface area contributed by atoms with Gasteiger partial charge in [-0.15, -0.1) is 0 Å². The summed E-state index contributed by atoms with van der Waals surface area (Å²) in [6, 6.07) is 3.30. The Kier molecular flexibility index (Phi) is 8.43. The number of nitrogens with zero attached hydrogens (tertiary/aromatic N) is 6. The van der Waals surface area contributed by atoms with Crippen molar-refractivity contribution in [2.45, 2.75) is 51.0 Å². The predicted molar refractivity (Wildman–Crippen MR) is 150 cm³/mol. The quantitative estimate of drug-likeness (QED) is 0.312. The number of benzene rings is 1. The van der Waals surface area contributed by atoms with Gasteiger partial charge in [0.05, 0.1) is 23.1 Å². The second-order valence-corrected chi connectivity index (χ2v) is 10.8. The maximum Gasteiger partial charge on any atom is 0.419 e. The van der Waals surface area contributed by atoms with Gasteiger partial charge < -0.3 is 20.1 Å². The molecule has 1 aromatic carbocycles. The molecule has 0 unspecified atom stereocenters. The molecule has 220 valence electrons. The van der Waals surface area contributed by atoms with E-state index in [1.54, 1.807) is 11.0 Å². The van der Waals surface area contributed by atoms with E-state index < -0.39 is 24.0 Å². The van der Waals surface area contributed by atoms with Crippen molar-refractivity contribution in [1.82, 2.24) is 24.4 Å². The number of rotatable bonds is 7. The smallest absolute Gasteiger partial charge is 0.350 e. The van der Waals surface area contributed by atoms with E-state index in [4.69, 9.17) is 4.98 Å². The highest BCUT2D eigenvalue weighted by atomic mass is 19.4. The molecule has 0 radical (unpaired) electrons. The molecule has 2 atom stereocenters. The molecule has 0 saturated carbocycles. The SMILES string of the molecule is Cc1cc2c(cc1NC(=O)/C=C/CN1CCCCC1)nc(N1C[C@H](F)C[C@@H](Nc3ncc(C(F)(F)F)cn3)C1)n2C. The molecule has 13 heteroatoms. The highest BCUT2D eigenvalue weighted by Gasteiger charge is 2.33. The van der Waals surface area contributed by atoms with Gasteiger partial charge in [-0.2, -0.15) is 13.2 Å². The van der Waals surface area contributed by atoms with Crippen LogP contribution in [0.2, 0.25) is 0 Å². The number of hydrogen-bond acceptors (Lipinski definition) is 7. The number of likely N-dealkylation sites (tertiary alicyclic amines) is 1. The summed E-state index contributed by atoms with van der Waals surface area (Å²) in [5.74, 6) is 0.339. The average molecular weight is 575 g/mol. The first kappa shape index (κ1) is 28.8. The molecule has 0 aliphatic carbocycles. The first-order valence-corrected chi connectivity index (χ1v) is 13.8. The molecule has 2 saturated heterocycles. The van der Waals surface area contributed by atoms with E-state index in [-0.39, 0.29) is 24.8 Å². The van der Waals surface area contributed by atoms with Crippen molar-refractivity contribution in [2.24, 2.45) is 7.05 Å². The molecule has 0 bridgehead atoms. The summed E-state index contributed by atoms with van der Waals surface area (Å²) in [5.41, 5.74) is 2.04. The van der Waals surface area contributed by atoms with Gasteiger partial charge in [0.1, 0.15) is 6.17 Å². The maximum atomic E-state index is 14.8. The largest absolute Gasteiger partial charge is 0.419 e. The Bertz CT molecular complexity index is 1400. The van der Waals surface area contributed by atoms with Crippen LogP contribution in [0.15, 0.2) is 36.7 Å². The van der Waals surface area contributed by atoms with E-state index in [1.165, 1.54) is 19.3 Å². The van der Waals surface area contributed by atoms with Crippen LogP contribution in [0.4, 0.5) is 35.1 Å². The molecular formula is C28H34F4N8O. The van der Waals surface area contributed by atoms with Gasteiger partial charge in [0.25, 0.3) is 0 Å². The highest BCUT2D eigenvalue weighted by Crippen LogP contribution is 2.30. The van der Waals surface area contributed by atoms with Gasteiger partial charge in [-0.1, -0.05) is 12.5 Å².